The van der Waals surface area contributed by atoms with Crippen molar-refractivity contribution in [3.63, 3.8) is 0 Å². The van der Waals surface area contributed by atoms with Gasteiger partial charge in [-0.15, -0.1) is 0 Å². The van der Waals surface area contributed by atoms with Crippen molar-refractivity contribution in [1.82, 2.24) is 15.0 Å². The molecule has 7 nitrogen and oxygen atoms in total. The first-order valence-corrected chi connectivity index (χ1v) is 7.10. The fraction of sp³-hybridized carbons (Fsp3) is 0.125. The zero-order chi connectivity index (χ0) is 16.2. The van der Waals surface area contributed by atoms with Gasteiger partial charge in [0.05, 0.1) is 24.2 Å². The number of amides is 1. The number of nitrogen functional groups attached to an aromatic ring is 1. The molecule has 7 heteroatoms. The standard InChI is InChI=1S/C16H15N5O2/c1-2-23-16(22)21-13-8-11(17)14-15(20-13)18-9-12(19-14)10-6-4-3-5-7-10/h3-9H,2H2,1H3,(H3,17,18,20,21,22). The number of fused-ring (bicyclic) bond motifs is 1. The van der Waals surface area contributed by atoms with Crippen LogP contribution in [0.1, 0.15) is 6.92 Å². The Balaban J connectivity index is 1.98. The van der Waals surface area contributed by atoms with Crippen LogP contribution < -0.4 is 11.1 Å². The van der Waals surface area contributed by atoms with Gasteiger partial charge < -0.3 is 10.5 Å². The smallest absolute Gasteiger partial charge is 0.412 e. The van der Waals surface area contributed by atoms with Crippen LogP contribution in [0.15, 0.2) is 42.6 Å². The van der Waals surface area contributed by atoms with Crippen LogP contribution in [-0.2, 0) is 4.74 Å². The lowest BCUT2D eigenvalue weighted by Crippen LogP contribution is -2.14. The van der Waals surface area contributed by atoms with Crippen LogP contribution >= 0.6 is 0 Å². The molecule has 3 rings (SSSR count). The molecule has 1 amide bonds. The Morgan fingerprint density at radius 2 is 2.04 bits per heavy atom. The molecule has 0 aliphatic carbocycles. The van der Waals surface area contributed by atoms with E-state index in [2.05, 4.69) is 20.3 Å². The Kier molecular flexibility index (Phi) is 4.01. The Morgan fingerprint density at radius 1 is 1.26 bits per heavy atom. The van der Waals surface area contributed by atoms with Crippen LogP contribution in [0, 0.1) is 0 Å². The molecule has 0 bridgehead atoms. The van der Waals surface area contributed by atoms with Crippen LogP contribution in [0.4, 0.5) is 16.3 Å². The minimum absolute atomic E-state index is 0.273. The average Bonchev–Trinajstić information content (AvgIpc) is 2.55. The summed E-state index contributed by atoms with van der Waals surface area (Å²) in [6.07, 6.45) is 1.03. The first-order chi connectivity index (χ1) is 11.2. The molecule has 2 aromatic heterocycles. The molecule has 116 valence electrons. The molecular formula is C16H15N5O2. The molecule has 0 fully saturated rings. The molecule has 2 heterocycles. The highest BCUT2D eigenvalue weighted by atomic mass is 16.5. The number of rotatable bonds is 3. The molecule has 1 aromatic carbocycles. The van der Waals surface area contributed by atoms with E-state index in [1.165, 1.54) is 6.07 Å². The monoisotopic (exact) mass is 309 g/mol. The van der Waals surface area contributed by atoms with Gasteiger partial charge in [0.15, 0.2) is 5.65 Å². The number of hydrogen-bond donors (Lipinski definition) is 2. The summed E-state index contributed by atoms with van der Waals surface area (Å²) < 4.78 is 4.81. The Hall–Kier alpha value is -3.22. The highest BCUT2D eigenvalue weighted by Gasteiger charge is 2.10. The lowest BCUT2D eigenvalue weighted by Gasteiger charge is -2.08. The van der Waals surface area contributed by atoms with Gasteiger partial charge in [0.25, 0.3) is 0 Å². The number of aromatic nitrogens is 3. The fourth-order valence-corrected chi connectivity index (χ4v) is 2.10. The van der Waals surface area contributed by atoms with Crippen LogP contribution in [0.5, 0.6) is 0 Å². The number of carbonyl (C=O) groups excluding carboxylic acids is 1. The molecule has 0 unspecified atom stereocenters. The highest BCUT2D eigenvalue weighted by Crippen LogP contribution is 2.23. The topological polar surface area (TPSA) is 103 Å². The second-order valence-electron chi connectivity index (χ2n) is 4.74. The largest absolute Gasteiger partial charge is 0.450 e. The van der Waals surface area contributed by atoms with Gasteiger partial charge in [0.1, 0.15) is 11.3 Å². The highest BCUT2D eigenvalue weighted by molar-refractivity contribution is 5.91. The van der Waals surface area contributed by atoms with E-state index in [-0.39, 0.29) is 12.4 Å². The van der Waals surface area contributed by atoms with Crippen molar-refractivity contribution in [2.75, 3.05) is 17.7 Å². The number of nitrogens with zero attached hydrogens (tertiary/aromatic N) is 3. The maximum atomic E-state index is 11.4. The summed E-state index contributed by atoms with van der Waals surface area (Å²) in [5, 5.41) is 2.50. The van der Waals surface area contributed by atoms with Crippen LogP contribution in [0.2, 0.25) is 0 Å². The predicted octanol–water partition coefficient (Wildman–Crippen LogP) is 2.84. The summed E-state index contributed by atoms with van der Waals surface area (Å²) in [6, 6.07) is 11.2. The number of nitrogens with two attached hydrogens (primary N) is 1. The van der Waals surface area contributed by atoms with E-state index in [0.717, 1.165) is 5.56 Å². The number of carbonyl (C=O) groups is 1. The minimum Gasteiger partial charge on any atom is -0.450 e. The van der Waals surface area contributed by atoms with Crippen LogP contribution in [0.3, 0.4) is 0 Å². The Morgan fingerprint density at radius 3 is 2.78 bits per heavy atom. The lowest BCUT2D eigenvalue weighted by molar-refractivity contribution is 0.168. The second-order valence-corrected chi connectivity index (χ2v) is 4.74. The molecule has 3 aromatic rings. The Bertz CT molecular complexity index is 852. The van der Waals surface area contributed by atoms with Crippen molar-refractivity contribution in [3.05, 3.63) is 42.6 Å². The second kappa shape index (κ2) is 6.27. The van der Waals surface area contributed by atoms with Gasteiger partial charge >= 0.3 is 6.09 Å². The van der Waals surface area contributed by atoms with E-state index < -0.39 is 6.09 Å². The van der Waals surface area contributed by atoms with Crippen molar-refractivity contribution in [2.45, 2.75) is 6.92 Å². The summed E-state index contributed by atoms with van der Waals surface area (Å²) in [5.41, 5.74) is 8.89. The molecule has 23 heavy (non-hydrogen) atoms. The van der Waals surface area contributed by atoms with Crippen LogP contribution in [-0.4, -0.2) is 27.7 Å². The van der Waals surface area contributed by atoms with Crippen molar-refractivity contribution < 1.29 is 9.53 Å². The molecular weight excluding hydrogens is 294 g/mol. The average molecular weight is 309 g/mol. The molecule has 0 atom stereocenters. The van der Waals surface area contributed by atoms with Gasteiger partial charge in [0, 0.05) is 11.6 Å². The van der Waals surface area contributed by atoms with Gasteiger partial charge in [-0.25, -0.2) is 19.7 Å². The van der Waals surface area contributed by atoms with Gasteiger partial charge in [-0.2, -0.15) is 0 Å². The van der Waals surface area contributed by atoms with Crippen LogP contribution in [0.25, 0.3) is 22.4 Å². The van der Waals surface area contributed by atoms with E-state index in [0.29, 0.717) is 22.5 Å². The molecule has 0 radical (unpaired) electrons. The number of anilines is 2. The van der Waals surface area contributed by atoms with Crippen molar-refractivity contribution in [2.24, 2.45) is 0 Å². The lowest BCUT2D eigenvalue weighted by atomic mass is 10.1. The Labute approximate surface area is 132 Å². The molecule has 0 aliphatic rings. The van der Waals surface area contributed by atoms with E-state index in [1.807, 2.05) is 30.3 Å². The van der Waals surface area contributed by atoms with Gasteiger partial charge in [-0.05, 0) is 6.92 Å². The van der Waals surface area contributed by atoms with E-state index in [1.54, 1.807) is 13.1 Å². The minimum atomic E-state index is -0.590. The number of hydrogen-bond acceptors (Lipinski definition) is 6. The first-order valence-electron chi connectivity index (χ1n) is 7.10. The maximum Gasteiger partial charge on any atom is 0.412 e. The van der Waals surface area contributed by atoms with Gasteiger partial charge in [0.2, 0.25) is 0 Å². The number of nitrogens with one attached hydrogen (secondary N) is 1. The third-order valence-corrected chi connectivity index (χ3v) is 3.12. The number of benzene rings is 1. The van der Waals surface area contributed by atoms with E-state index in [4.69, 9.17) is 10.5 Å². The SMILES string of the molecule is CCOC(=O)Nc1cc(N)c2nc(-c3ccccc3)cnc2n1. The van der Waals surface area contributed by atoms with E-state index in [9.17, 15) is 4.79 Å². The summed E-state index contributed by atoms with van der Waals surface area (Å²) in [6.45, 7) is 1.99. The maximum absolute atomic E-state index is 11.4. The molecule has 0 spiro atoms. The molecule has 3 N–H and O–H groups in total. The molecule has 0 saturated heterocycles. The zero-order valence-corrected chi connectivity index (χ0v) is 12.5. The predicted molar refractivity (Wildman–Crippen MR) is 87.8 cm³/mol. The normalized spacial score (nSPS) is 10.5. The van der Waals surface area contributed by atoms with Crippen molar-refractivity contribution in [1.29, 1.82) is 0 Å². The summed E-state index contributed by atoms with van der Waals surface area (Å²) in [4.78, 5) is 24.5. The van der Waals surface area contributed by atoms with Crippen molar-refractivity contribution >= 4 is 28.8 Å². The quantitative estimate of drug-likeness (QED) is 0.771. The first kappa shape index (κ1) is 14.7. The molecule has 0 aliphatic heterocycles. The fourth-order valence-electron chi connectivity index (χ4n) is 2.10. The third-order valence-electron chi connectivity index (χ3n) is 3.12. The van der Waals surface area contributed by atoms with Gasteiger partial charge in [-0.3, -0.25) is 5.32 Å². The third kappa shape index (κ3) is 3.18. The van der Waals surface area contributed by atoms with Gasteiger partial charge in [-0.1, -0.05) is 30.3 Å². The summed E-state index contributed by atoms with van der Waals surface area (Å²) in [7, 11) is 0. The van der Waals surface area contributed by atoms with E-state index >= 15 is 0 Å². The van der Waals surface area contributed by atoms with Crippen molar-refractivity contribution in [3.8, 4) is 11.3 Å². The zero-order valence-electron chi connectivity index (χ0n) is 12.5. The summed E-state index contributed by atoms with van der Waals surface area (Å²) in [5.74, 6) is 0.273. The summed E-state index contributed by atoms with van der Waals surface area (Å²) >= 11 is 0. The molecule has 0 saturated carbocycles. The number of ether oxygens (including phenoxy) is 1. The number of pyridine rings is 1.